The van der Waals surface area contributed by atoms with Gasteiger partial charge in [-0.15, -0.1) is 0 Å². The molecule has 112 valence electrons. The molecule has 0 aliphatic carbocycles. The number of hydrogen-bond donors (Lipinski definition) is 1. The predicted molar refractivity (Wildman–Crippen MR) is 78.2 cm³/mol. The van der Waals surface area contributed by atoms with Gasteiger partial charge in [0.1, 0.15) is 5.69 Å². The van der Waals surface area contributed by atoms with Crippen molar-refractivity contribution in [2.75, 3.05) is 11.9 Å². The van der Waals surface area contributed by atoms with E-state index in [1.165, 1.54) is 12.1 Å². The lowest BCUT2D eigenvalue weighted by atomic mass is 10.1. The van der Waals surface area contributed by atoms with Gasteiger partial charge >= 0.3 is 5.51 Å². The van der Waals surface area contributed by atoms with Gasteiger partial charge in [-0.25, -0.2) is 4.98 Å². The summed E-state index contributed by atoms with van der Waals surface area (Å²) in [5.74, 6) is 0.635. The Labute approximate surface area is 125 Å². The monoisotopic (exact) mass is 313 g/mol. The van der Waals surface area contributed by atoms with Gasteiger partial charge in [-0.3, -0.25) is 4.98 Å². The zero-order valence-corrected chi connectivity index (χ0v) is 12.1. The summed E-state index contributed by atoms with van der Waals surface area (Å²) in [6.45, 7) is 2.79. The summed E-state index contributed by atoms with van der Waals surface area (Å²) in [5.41, 5.74) is -2.91. The van der Waals surface area contributed by atoms with E-state index in [9.17, 15) is 13.2 Å². The molecule has 21 heavy (non-hydrogen) atoms. The molecule has 0 saturated carbocycles. The van der Waals surface area contributed by atoms with E-state index in [-0.39, 0.29) is 16.7 Å². The van der Waals surface area contributed by atoms with Gasteiger partial charge in [-0.1, -0.05) is 19.1 Å². The molecule has 0 bridgehead atoms. The second kappa shape index (κ2) is 6.80. The van der Waals surface area contributed by atoms with Crippen LogP contribution in [0.1, 0.15) is 13.3 Å². The zero-order valence-electron chi connectivity index (χ0n) is 11.3. The number of aromatic nitrogens is 2. The molecule has 0 spiro atoms. The Morgan fingerprint density at radius 3 is 2.38 bits per heavy atom. The molecule has 2 aromatic rings. The van der Waals surface area contributed by atoms with E-state index in [1.807, 2.05) is 6.92 Å². The second-order valence-corrected chi connectivity index (χ2v) is 5.39. The van der Waals surface area contributed by atoms with Crippen molar-refractivity contribution in [3.8, 4) is 11.3 Å². The van der Waals surface area contributed by atoms with Crippen molar-refractivity contribution in [1.82, 2.24) is 9.97 Å². The normalized spacial score (nSPS) is 11.4. The Hall–Kier alpha value is -1.76. The van der Waals surface area contributed by atoms with Gasteiger partial charge in [0.05, 0.1) is 0 Å². The minimum Gasteiger partial charge on any atom is -0.368 e. The van der Waals surface area contributed by atoms with Crippen molar-refractivity contribution in [3.05, 3.63) is 36.7 Å². The molecule has 2 rings (SSSR count). The summed E-state index contributed by atoms with van der Waals surface area (Å²) in [7, 11) is 0. The van der Waals surface area contributed by atoms with Crippen LogP contribution in [-0.4, -0.2) is 22.0 Å². The van der Waals surface area contributed by atoms with Gasteiger partial charge < -0.3 is 5.32 Å². The summed E-state index contributed by atoms with van der Waals surface area (Å²) in [4.78, 5) is 8.62. The molecule has 3 nitrogen and oxygen atoms in total. The average molecular weight is 313 g/mol. The van der Waals surface area contributed by atoms with Crippen LogP contribution >= 0.6 is 11.8 Å². The highest BCUT2D eigenvalue weighted by atomic mass is 32.2. The number of nitrogens with zero attached hydrogens (tertiary/aromatic N) is 2. The highest BCUT2D eigenvalue weighted by molar-refractivity contribution is 8.00. The molecule has 0 unspecified atom stereocenters. The fraction of sp³-hybridized carbons (Fsp3) is 0.286. The van der Waals surface area contributed by atoms with E-state index in [2.05, 4.69) is 15.3 Å². The van der Waals surface area contributed by atoms with Crippen LogP contribution in [0.2, 0.25) is 0 Å². The van der Waals surface area contributed by atoms with Crippen LogP contribution in [0.3, 0.4) is 0 Å². The van der Waals surface area contributed by atoms with Crippen molar-refractivity contribution in [2.24, 2.45) is 0 Å². The lowest BCUT2D eigenvalue weighted by Crippen LogP contribution is -2.04. The standard InChI is InChI=1S/C14H14F3N3S/c1-2-7-19-13-12(18-8-9-20-13)10-3-5-11(6-4-10)21-14(15,16)17/h3-6,8-9H,2,7H2,1H3,(H,19,20). The Bertz CT molecular complexity index is 585. The van der Waals surface area contributed by atoms with Crippen molar-refractivity contribution in [2.45, 2.75) is 23.7 Å². The molecule has 0 atom stereocenters. The third kappa shape index (κ3) is 4.63. The molecule has 0 saturated heterocycles. The van der Waals surface area contributed by atoms with E-state index < -0.39 is 5.51 Å². The molecule has 1 N–H and O–H groups in total. The number of alkyl halides is 3. The SMILES string of the molecule is CCCNc1nccnc1-c1ccc(SC(F)(F)F)cc1. The minimum atomic E-state index is -4.28. The van der Waals surface area contributed by atoms with Crippen LogP contribution in [0.25, 0.3) is 11.3 Å². The third-order valence-electron chi connectivity index (χ3n) is 2.60. The summed E-state index contributed by atoms with van der Waals surface area (Å²) in [6.07, 6.45) is 4.08. The van der Waals surface area contributed by atoms with Crippen LogP contribution in [0.15, 0.2) is 41.6 Å². The molecular weight excluding hydrogens is 299 g/mol. The summed E-state index contributed by atoms with van der Waals surface area (Å²) in [5, 5.41) is 3.16. The lowest BCUT2D eigenvalue weighted by molar-refractivity contribution is -0.0328. The van der Waals surface area contributed by atoms with E-state index >= 15 is 0 Å². The molecule has 0 amide bonds. The maximum Gasteiger partial charge on any atom is 0.446 e. The summed E-state index contributed by atoms with van der Waals surface area (Å²) >= 11 is -0.129. The maximum absolute atomic E-state index is 12.3. The van der Waals surface area contributed by atoms with Gasteiger partial charge in [-0.05, 0) is 30.3 Å². The largest absolute Gasteiger partial charge is 0.446 e. The second-order valence-electron chi connectivity index (χ2n) is 4.25. The first-order valence-corrected chi connectivity index (χ1v) is 7.22. The predicted octanol–water partition coefficient (Wildman–Crippen LogP) is 4.58. The van der Waals surface area contributed by atoms with Crippen LogP contribution in [0.4, 0.5) is 19.0 Å². The number of thioether (sulfide) groups is 1. The van der Waals surface area contributed by atoms with Gasteiger partial charge in [-0.2, -0.15) is 13.2 Å². The molecule has 0 aliphatic rings. The molecule has 1 aromatic carbocycles. The summed E-state index contributed by atoms with van der Waals surface area (Å²) < 4.78 is 36.9. The number of anilines is 1. The zero-order chi connectivity index (χ0) is 15.3. The van der Waals surface area contributed by atoms with E-state index in [0.717, 1.165) is 18.5 Å². The molecular formula is C14H14F3N3S. The Kier molecular flexibility index (Phi) is 5.06. The van der Waals surface area contributed by atoms with Gasteiger partial charge in [0, 0.05) is 29.4 Å². The maximum atomic E-state index is 12.3. The van der Waals surface area contributed by atoms with Gasteiger partial charge in [0.25, 0.3) is 0 Å². The highest BCUT2D eigenvalue weighted by Crippen LogP contribution is 2.37. The minimum absolute atomic E-state index is 0.129. The Morgan fingerprint density at radius 2 is 1.76 bits per heavy atom. The first-order valence-electron chi connectivity index (χ1n) is 6.40. The van der Waals surface area contributed by atoms with Crippen LogP contribution in [0, 0.1) is 0 Å². The van der Waals surface area contributed by atoms with Crippen LogP contribution in [-0.2, 0) is 0 Å². The van der Waals surface area contributed by atoms with Crippen LogP contribution < -0.4 is 5.32 Å². The molecule has 0 aliphatic heterocycles. The molecule has 0 radical (unpaired) electrons. The number of nitrogens with one attached hydrogen (secondary N) is 1. The summed E-state index contributed by atoms with van der Waals surface area (Å²) in [6, 6.07) is 6.11. The molecule has 1 aromatic heterocycles. The van der Waals surface area contributed by atoms with Crippen molar-refractivity contribution >= 4 is 17.6 Å². The molecule has 0 fully saturated rings. The fourth-order valence-corrected chi connectivity index (χ4v) is 2.28. The van der Waals surface area contributed by atoms with E-state index in [0.29, 0.717) is 11.5 Å². The first-order chi connectivity index (χ1) is 9.99. The molecule has 7 heteroatoms. The fourth-order valence-electron chi connectivity index (χ4n) is 1.74. The Morgan fingerprint density at radius 1 is 1.10 bits per heavy atom. The number of hydrogen-bond acceptors (Lipinski definition) is 4. The quantitative estimate of drug-likeness (QED) is 0.820. The molecule has 1 heterocycles. The first kappa shape index (κ1) is 15.6. The van der Waals surface area contributed by atoms with Crippen molar-refractivity contribution < 1.29 is 13.2 Å². The van der Waals surface area contributed by atoms with Gasteiger partial charge in [0.15, 0.2) is 5.82 Å². The Balaban J connectivity index is 2.22. The van der Waals surface area contributed by atoms with E-state index in [4.69, 9.17) is 0 Å². The van der Waals surface area contributed by atoms with Gasteiger partial charge in [0.2, 0.25) is 0 Å². The van der Waals surface area contributed by atoms with Crippen molar-refractivity contribution in [3.63, 3.8) is 0 Å². The average Bonchev–Trinajstić information content (AvgIpc) is 2.45. The number of halogens is 3. The highest BCUT2D eigenvalue weighted by Gasteiger charge is 2.29. The van der Waals surface area contributed by atoms with E-state index in [1.54, 1.807) is 24.5 Å². The topological polar surface area (TPSA) is 37.8 Å². The number of rotatable bonds is 5. The van der Waals surface area contributed by atoms with Crippen molar-refractivity contribution in [1.29, 1.82) is 0 Å². The number of benzene rings is 1. The lowest BCUT2D eigenvalue weighted by Gasteiger charge is -2.10. The van der Waals surface area contributed by atoms with Crippen LogP contribution in [0.5, 0.6) is 0 Å². The smallest absolute Gasteiger partial charge is 0.368 e. The third-order valence-corrected chi connectivity index (χ3v) is 3.34.